The molecule has 0 saturated carbocycles. The van der Waals surface area contributed by atoms with Gasteiger partial charge in [-0.15, -0.1) is 11.8 Å². The number of nitrogens with two attached hydrogens (primary N) is 1. The highest BCUT2D eigenvalue weighted by molar-refractivity contribution is 9.10. The quantitative estimate of drug-likeness (QED) is 0.587. The van der Waals surface area contributed by atoms with Crippen LogP contribution in [0.2, 0.25) is 0 Å². The van der Waals surface area contributed by atoms with Crippen molar-refractivity contribution in [3.05, 3.63) is 53.0 Å². The third-order valence-electron chi connectivity index (χ3n) is 2.63. The maximum atomic E-state index is 12.0. The van der Waals surface area contributed by atoms with Gasteiger partial charge in [0.25, 0.3) is 0 Å². The second kappa shape index (κ2) is 7.20. The predicted octanol–water partition coefficient (Wildman–Crippen LogP) is 3.57. The molecule has 21 heavy (non-hydrogen) atoms. The highest BCUT2D eigenvalue weighted by Crippen LogP contribution is 2.24. The summed E-state index contributed by atoms with van der Waals surface area (Å²) in [4.78, 5) is 0.898. The molecule has 4 nitrogen and oxygen atoms in total. The zero-order valence-electron chi connectivity index (χ0n) is 11.1. The molecule has 2 aromatic rings. The first-order chi connectivity index (χ1) is 9.96. The number of benzene rings is 2. The zero-order chi connectivity index (χ0) is 15.3. The molecule has 0 unspecified atom stereocenters. The number of hydrogen-bond donors (Lipinski definition) is 2. The Hall–Kier alpha value is -1.18. The fourth-order valence-electron chi connectivity index (χ4n) is 1.66. The number of para-hydroxylation sites is 1. The van der Waals surface area contributed by atoms with Crippen molar-refractivity contribution in [1.29, 1.82) is 0 Å². The molecular weight excluding hydrogens is 372 g/mol. The van der Waals surface area contributed by atoms with E-state index in [1.165, 1.54) is 11.8 Å². The summed E-state index contributed by atoms with van der Waals surface area (Å²) < 4.78 is 27.4. The minimum absolute atomic E-state index is 0.0263. The van der Waals surface area contributed by atoms with Crippen LogP contribution in [0.4, 0.5) is 11.4 Å². The molecule has 0 spiro atoms. The largest absolute Gasteiger partial charge is 0.398 e. The third-order valence-corrected chi connectivity index (χ3v) is 5.76. The Kier molecular flexibility index (Phi) is 5.55. The van der Waals surface area contributed by atoms with Crippen LogP contribution in [0.1, 0.15) is 0 Å². The van der Waals surface area contributed by atoms with Crippen LogP contribution in [0.15, 0.2) is 57.9 Å². The van der Waals surface area contributed by atoms with Gasteiger partial charge in [0, 0.05) is 26.5 Å². The van der Waals surface area contributed by atoms with Crippen LogP contribution in [-0.2, 0) is 10.0 Å². The lowest BCUT2D eigenvalue weighted by atomic mass is 10.3. The van der Waals surface area contributed by atoms with Crippen molar-refractivity contribution in [3.63, 3.8) is 0 Å². The monoisotopic (exact) mass is 386 g/mol. The Morgan fingerprint density at radius 2 is 1.90 bits per heavy atom. The molecule has 0 fully saturated rings. The molecule has 0 aliphatic carbocycles. The van der Waals surface area contributed by atoms with Crippen LogP contribution in [0.3, 0.4) is 0 Å². The van der Waals surface area contributed by atoms with Crippen molar-refractivity contribution in [2.75, 3.05) is 22.0 Å². The Balaban J connectivity index is 1.91. The smallest absolute Gasteiger partial charge is 0.233 e. The van der Waals surface area contributed by atoms with Gasteiger partial charge in [0.1, 0.15) is 0 Å². The summed E-state index contributed by atoms with van der Waals surface area (Å²) in [5, 5.41) is 0. The number of halogens is 1. The van der Waals surface area contributed by atoms with E-state index >= 15 is 0 Å². The van der Waals surface area contributed by atoms with Crippen molar-refractivity contribution in [3.8, 4) is 0 Å². The fourth-order valence-corrected chi connectivity index (χ4v) is 4.48. The summed E-state index contributed by atoms with van der Waals surface area (Å²) in [6.45, 7) is 0. The molecule has 0 heterocycles. The van der Waals surface area contributed by atoms with E-state index in [0.29, 0.717) is 17.1 Å². The zero-order valence-corrected chi connectivity index (χ0v) is 14.3. The number of sulfonamides is 1. The summed E-state index contributed by atoms with van der Waals surface area (Å²) >= 11 is 4.74. The molecule has 3 N–H and O–H groups in total. The first-order valence-corrected chi connectivity index (χ1v) is 9.63. The van der Waals surface area contributed by atoms with Crippen molar-refractivity contribution in [2.24, 2.45) is 0 Å². The Morgan fingerprint density at radius 3 is 2.62 bits per heavy atom. The average Bonchev–Trinajstić information content (AvgIpc) is 2.40. The topological polar surface area (TPSA) is 72.2 Å². The minimum atomic E-state index is -3.37. The molecule has 0 aliphatic rings. The number of nitrogen functional groups attached to an aromatic ring is 1. The SMILES string of the molecule is Nc1ccccc1SCCS(=O)(=O)Nc1cccc(Br)c1. The number of hydrogen-bond acceptors (Lipinski definition) is 4. The maximum absolute atomic E-state index is 12.0. The predicted molar refractivity (Wildman–Crippen MR) is 93.1 cm³/mol. The van der Waals surface area contributed by atoms with Crippen LogP contribution in [-0.4, -0.2) is 19.9 Å². The van der Waals surface area contributed by atoms with Crippen molar-refractivity contribution < 1.29 is 8.42 Å². The van der Waals surface area contributed by atoms with Gasteiger partial charge in [-0.2, -0.15) is 0 Å². The Morgan fingerprint density at radius 1 is 1.14 bits per heavy atom. The van der Waals surface area contributed by atoms with Gasteiger partial charge in [0.15, 0.2) is 0 Å². The summed E-state index contributed by atoms with van der Waals surface area (Å²) in [6.07, 6.45) is 0. The van der Waals surface area contributed by atoms with Crippen LogP contribution >= 0.6 is 27.7 Å². The van der Waals surface area contributed by atoms with Crippen LogP contribution in [0.25, 0.3) is 0 Å². The van der Waals surface area contributed by atoms with E-state index in [1.54, 1.807) is 24.3 Å². The molecule has 7 heteroatoms. The standard InChI is InChI=1S/C14H15BrN2O2S2/c15-11-4-3-5-12(10-11)17-21(18,19)9-8-20-14-7-2-1-6-13(14)16/h1-7,10,17H,8-9,16H2. The molecule has 0 radical (unpaired) electrons. The van der Waals surface area contributed by atoms with Crippen molar-refractivity contribution in [2.45, 2.75) is 4.90 Å². The van der Waals surface area contributed by atoms with E-state index in [2.05, 4.69) is 20.7 Å². The van der Waals surface area contributed by atoms with Gasteiger partial charge in [-0.05, 0) is 30.3 Å². The van der Waals surface area contributed by atoms with Crippen molar-refractivity contribution in [1.82, 2.24) is 0 Å². The summed E-state index contributed by atoms with van der Waals surface area (Å²) in [7, 11) is -3.37. The highest BCUT2D eigenvalue weighted by Gasteiger charge is 2.11. The molecule has 0 aromatic heterocycles. The maximum Gasteiger partial charge on any atom is 0.233 e. The molecule has 0 amide bonds. The molecule has 0 atom stereocenters. The summed E-state index contributed by atoms with van der Waals surface area (Å²) in [5.41, 5.74) is 7.04. The van der Waals surface area contributed by atoms with Crippen LogP contribution in [0.5, 0.6) is 0 Å². The van der Waals surface area contributed by atoms with Gasteiger partial charge in [-0.3, -0.25) is 4.72 Å². The lowest BCUT2D eigenvalue weighted by Crippen LogP contribution is -2.18. The van der Waals surface area contributed by atoms with Crippen molar-refractivity contribution >= 4 is 49.1 Å². The van der Waals surface area contributed by atoms with Crippen LogP contribution < -0.4 is 10.5 Å². The summed E-state index contributed by atoms with van der Waals surface area (Å²) in [6, 6.07) is 14.5. The molecule has 2 aromatic carbocycles. The number of thioether (sulfide) groups is 1. The van der Waals surface area contributed by atoms with E-state index in [9.17, 15) is 8.42 Å². The van der Waals surface area contributed by atoms with E-state index in [1.807, 2.05) is 24.3 Å². The Bertz CT molecular complexity index is 720. The fraction of sp³-hybridized carbons (Fsp3) is 0.143. The molecule has 0 bridgehead atoms. The third kappa shape index (κ3) is 5.26. The van der Waals surface area contributed by atoms with E-state index in [4.69, 9.17) is 5.73 Å². The Labute approximate surface area is 137 Å². The van der Waals surface area contributed by atoms with E-state index in [-0.39, 0.29) is 5.75 Å². The normalized spacial score (nSPS) is 11.3. The van der Waals surface area contributed by atoms with Gasteiger partial charge in [0.2, 0.25) is 10.0 Å². The van der Waals surface area contributed by atoms with Gasteiger partial charge >= 0.3 is 0 Å². The highest BCUT2D eigenvalue weighted by atomic mass is 79.9. The van der Waals surface area contributed by atoms with Crippen LogP contribution in [0, 0.1) is 0 Å². The molecule has 0 aliphatic heterocycles. The first-order valence-electron chi connectivity index (χ1n) is 6.20. The molecular formula is C14H15BrN2O2S2. The van der Waals surface area contributed by atoms with E-state index < -0.39 is 10.0 Å². The number of rotatable bonds is 6. The van der Waals surface area contributed by atoms with Gasteiger partial charge in [-0.1, -0.05) is 34.1 Å². The second-order valence-corrected chi connectivity index (χ2v) is 8.21. The molecule has 0 saturated heterocycles. The minimum Gasteiger partial charge on any atom is -0.398 e. The second-order valence-electron chi connectivity index (χ2n) is 4.32. The van der Waals surface area contributed by atoms with Gasteiger partial charge in [-0.25, -0.2) is 8.42 Å². The lowest BCUT2D eigenvalue weighted by molar-refractivity contribution is 0.602. The molecule has 2 rings (SSSR count). The van der Waals surface area contributed by atoms with Gasteiger partial charge < -0.3 is 5.73 Å². The molecule has 112 valence electrons. The average molecular weight is 387 g/mol. The number of nitrogens with one attached hydrogen (secondary N) is 1. The first kappa shape index (κ1) is 16.2. The van der Waals surface area contributed by atoms with E-state index in [0.717, 1.165) is 9.37 Å². The van der Waals surface area contributed by atoms with Gasteiger partial charge in [0.05, 0.1) is 5.75 Å². The summed E-state index contributed by atoms with van der Waals surface area (Å²) in [5.74, 6) is 0.468. The number of anilines is 2. The lowest BCUT2D eigenvalue weighted by Gasteiger charge is -2.09.